The molecule has 0 spiro atoms. The summed E-state index contributed by atoms with van der Waals surface area (Å²) in [5.41, 5.74) is 7.53. The third-order valence-electron chi connectivity index (χ3n) is 3.27. The topological polar surface area (TPSA) is 35.2 Å². The second-order valence-electron chi connectivity index (χ2n) is 4.12. The van der Waals surface area contributed by atoms with Crippen LogP contribution in [0.25, 0.3) is 0 Å². The lowest BCUT2D eigenvalue weighted by Gasteiger charge is -2.08. The minimum absolute atomic E-state index is 0.0480. The van der Waals surface area contributed by atoms with Gasteiger partial charge in [-0.3, -0.25) is 0 Å². The number of methoxy groups -OCH3 is 1. The fourth-order valence-corrected chi connectivity index (χ4v) is 2.02. The molecule has 2 nitrogen and oxygen atoms in total. The zero-order valence-corrected chi connectivity index (χ0v) is 8.79. The highest BCUT2D eigenvalue weighted by Crippen LogP contribution is 2.51. The Kier molecular flexibility index (Phi) is 2.23. The maximum Gasteiger partial charge on any atom is 0.119 e. The van der Waals surface area contributed by atoms with Crippen molar-refractivity contribution in [3.05, 3.63) is 29.8 Å². The second-order valence-corrected chi connectivity index (χ2v) is 4.12. The van der Waals surface area contributed by atoms with Gasteiger partial charge in [-0.05, 0) is 30.5 Å². The molecule has 14 heavy (non-hydrogen) atoms. The summed E-state index contributed by atoms with van der Waals surface area (Å²) in [6.07, 6.45) is 2.16. The van der Waals surface area contributed by atoms with Crippen LogP contribution in [-0.4, -0.2) is 12.6 Å². The number of rotatable bonds is 3. The number of nitrogens with two attached hydrogens (primary N) is 1. The van der Waals surface area contributed by atoms with Crippen LogP contribution in [0.5, 0.6) is 5.75 Å². The molecule has 2 atom stereocenters. The third-order valence-corrected chi connectivity index (χ3v) is 3.27. The molecule has 2 N–H and O–H groups in total. The van der Waals surface area contributed by atoms with Crippen molar-refractivity contribution < 1.29 is 4.74 Å². The van der Waals surface area contributed by atoms with Crippen LogP contribution in [0, 0.1) is 0 Å². The standard InChI is InChI=1S/C12H17NO/c1-3-12(13)8-11(12)9-5-4-6-10(7-9)14-2/h4-7,11H,3,8,13H2,1-2H3/t11-,12+/m0/s1. The average molecular weight is 191 g/mol. The molecule has 0 aliphatic heterocycles. The van der Waals surface area contributed by atoms with Crippen molar-refractivity contribution in [2.24, 2.45) is 5.73 Å². The molecule has 1 aromatic rings. The number of ether oxygens (including phenoxy) is 1. The molecule has 76 valence electrons. The molecule has 1 aliphatic carbocycles. The van der Waals surface area contributed by atoms with Gasteiger partial charge in [-0.15, -0.1) is 0 Å². The number of hydrogen-bond donors (Lipinski definition) is 1. The van der Waals surface area contributed by atoms with E-state index in [1.165, 1.54) is 5.56 Å². The van der Waals surface area contributed by atoms with Crippen molar-refractivity contribution in [2.45, 2.75) is 31.2 Å². The Hall–Kier alpha value is -1.02. The molecule has 1 aromatic carbocycles. The maximum atomic E-state index is 6.17. The fourth-order valence-electron chi connectivity index (χ4n) is 2.02. The fraction of sp³-hybridized carbons (Fsp3) is 0.500. The van der Waals surface area contributed by atoms with E-state index in [-0.39, 0.29) is 5.54 Å². The van der Waals surface area contributed by atoms with Crippen LogP contribution in [0.2, 0.25) is 0 Å². The van der Waals surface area contributed by atoms with Gasteiger partial charge in [0.2, 0.25) is 0 Å². The van der Waals surface area contributed by atoms with E-state index >= 15 is 0 Å². The minimum Gasteiger partial charge on any atom is -0.497 e. The lowest BCUT2D eigenvalue weighted by atomic mass is 10.0. The van der Waals surface area contributed by atoms with E-state index in [0.29, 0.717) is 5.92 Å². The molecule has 0 saturated heterocycles. The molecular weight excluding hydrogens is 174 g/mol. The Labute approximate surface area is 85.1 Å². The number of hydrogen-bond acceptors (Lipinski definition) is 2. The molecule has 0 aromatic heterocycles. The van der Waals surface area contributed by atoms with Crippen LogP contribution in [0.4, 0.5) is 0 Å². The Bertz CT molecular complexity index is 337. The van der Waals surface area contributed by atoms with Crippen molar-refractivity contribution in [2.75, 3.05) is 7.11 Å². The Morgan fingerprint density at radius 1 is 1.57 bits per heavy atom. The van der Waals surface area contributed by atoms with Gasteiger partial charge in [0, 0.05) is 11.5 Å². The van der Waals surface area contributed by atoms with Crippen LogP contribution in [0.1, 0.15) is 31.2 Å². The average Bonchev–Trinajstić information content (AvgIpc) is 2.92. The van der Waals surface area contributed by atoms with Crippen LogP contribution in [0.15, 0.2) is 24.3 Å². The summed E-state index contributed by atoms with van der Waals surface area (Å²) < 4.78 is 5.19. The van der Waals surface area contributed by atoms with Crippen molar-refractivity contribution in [1.82, 2.24) is 0 Å². The minimum atomic E-state index is 0.0480. The van der Waals surface area contributed by atoms with Gasteiger partial charge in [0.05, 0.1) is 7.11 Å². The first-order valence-corrected chi connectivity index (χ1v) is 5.12. The molecule has 0 radical (unpaired) electrons. The van der Waals surface area contributed by atoms with Crippen molar-refractivity contribution in [3.8, 4) is 5.75 Å². The van der Waals surface area contributed by atoms with Crippen molar-refractivity contribution in [3.63, 3.8) is 0 Å². The zero-order chi connectivity index (χ0) is 10.2. The molecule has 0 heterocycles. The van der Waals surface area contributed by atoms with Gasteiger partial charge in [0.15, 0.2) is 0 Å². The molecule has 2 heteroatoms. The van der Waals surface area contributed by atoms with E-state index < -0.39 is 0 Å². The van der Waals surface area contributed by atoms with Crippen molar-refractivity contribution >= 4 is 0 Å². The van der Waals surface area contributed by atoms with Crippen LogP contribution >= 0.6 is 0 Å². The maximum absolute atomic E-state index is 6.17. The molecule has 0 bridgehead atoms. The van der Waals surface area contributed by atoms with Gasteiger partial charge >= 0.3 is 0 Å². The molecule has 1 saturated carbocycles. The highest BCUT2D eigenvalue weighted by Gasteiger charge is 2.49. The summed E-state index contributed by atoms with van der Waals surface area (Å²) in [7, 11) is 1.70. The summed E-state index contributed by atoms with van der Waals surface area (Å²) in [5.74, 6) is 1.45. The van der Waals surface area contributed by atoms with E-state index in [2.05, 4.69) is 19.1 Å². The summed E-state index contributed by atoms with van der Waals surface area (Å²) in [6, 6.07) is 8.23. The van der Waals surface area contributed by atoms with Crippen LogP contribution < -0.4 is 10.5 Å². The quantitative estimate of drug-likeness (QED) is 0.795. The summed E-state index contributed by atoms with van der Waals surface area (Å²) in [5, 5.41) is 0. The molecule has 1 fully saturated rings. The largest absolute Gasteiger partial charge is 0.497 e. The van der Waals surface area contributed by atoms with E-state index in [0.717, 1.165) is 18.6 Å². The molecular formula is C12H17NO. The zero-order valence-electron chi connectivity index (χ0n) is 8.79. The monoisotopic (exact) mass is 191 g/mol. The molecule has 1 aliphatic rings. The normalized spacial score (nSPS) is 30.1. The first-order chi connectivity index (χ1) is 6.69. The summed E-state index contributed by atoms with van der Waals surface area (Å²) >= 11 is 0. The van der Waals surface area contributed by atoms with Crippen LogP contribution in [0.3, 0.4) is 0 Å². The first-order valence-electron chi connectivity index (χ1n) is 5.12. The molecule has 0 amide bonds. The van der Waals surface area contributed by atoms with Gasteiger partial charge < -0.3 is 10.5 Å². The predicted octanol–water partition coefficient (Wildman–Crippen LogP) is 2.29. The van der Waals surface area contributed by atoms with Gasteiger partial charge in [-0.2, -0.15) is 0 Å². The van der Waals surface area contributed by atoms with E-state index in [9.17, 15) is 0 Å². The van der Waals surface area contributed by atoms with Gasteiger partial charge in [-0.25, -0.2) is 0 Å². The lowest BCUT2D eigenvalue weighted by molar-refractivity contribution is 0.414. The van der Waals surface area contributed by atoms with Gasteiger partial charge in [0.1, 0.15) is 5.75 Å². The SMILES string of the molecule is CC[C@@]1(N)C[C@H]1c1cccc(OC)c1. The summed E-state index contributed by atoms with van der Waals surface area (Å²) in [6.45, 7) is 2.15. The Morgan fingerprint density at radius 2 is 2.36 bits per heavy atom. The van der Waals surface area contributed by atoms with Gasteiger partial charge in [-0.1, -0.05) is 19.1 Å². The van der Waals surface area contributed by atoms with Crippen LogP contribution in [-0.2, 0) is 0 Å². The lowest BCUT2D eigenvalue weighted by Crippen LogP contribution is -2.22. The Morgan fingerprint density at radius 3 is 2.93 bits per heavy atom. The molecule has 2 rings (SSSR count). The van der Waals surface area contributed by atoms with Crippen molar-refractivity contribution in [1.29, 1.82) is 0 Å². The highest BCUT2D eigenvalue weighted by atomic mass is 16.5. The summed E-state index contributed by atoms with van der Waals surface area (Å²) in [4.78, 5) is 0. The smallest absolute Gasteiger partial charge is 0.119 e. The highest BCUT2D eigenvalue weighted by molar-refractivity contribution is 5.37. The first kappa shape index (κ1) is 9.53. The third kappa shape index (κ3) is 1.50. The second kappa shape index (κ2) is 3.28. The number of benzene rings is 1. The van der Waals surface area contributed by atoms with E-state index in [1.807, 2.05) is 12.1 Å². The predicted molar refractivity (Wildman–Crippen MR) is 57.6 cm³/mol. The van der Waals surface area contributed by atoms with Gasteiger partial charge in [0.25, 0.3) is 0 Å². The van der Waals surface area contributed by atoms with E-state index in [1.54, 1.807) is 7.11 Å². The molecule has 0 unspecified atom stereocenters. The Balaban J connectivity index is 2.19. The van der Waals surface area contributed by atoms with E-state index in [4.69, 9.17) is 10.5 Å².